The number of nitrogens with one attached hydrogen (secondary N) is 3. The number of hydrogen-bond acceptors (Lipinski definition) is 6. The van der Waals surface area contributed by atoms with Gasteiger partial charge in [-0.1, -0.05) is 12.8 Å². The Morgan fingerprint density at radius 1 is 1.42 bits per heavy atom. The van der Waals surface area contributed by atoms with Gasteiger partial charge in [0, 0.05) is 22.0 Å². The van der Waals surface area contributed by atoms with Crippen LogP contribution in [0.3, 0.4) is 0 Å². The van der Waals surface area contributed by atoms with E-state index in [1.807, 2.05) is 0 Å². The van der Waals surface area contributed by atoms with Crippen molar-refractivity contribution in [1.82, 2.24) is 10.2 Å². The van der Waals surface area contributed by atoms with Crippen molar-refractivity contribution in [3.63, 3.8) is 0 Å². The van der Waals surface area contributed by atoms with Crippen LogP contribution >= 0.6 is 0 Å². The molecule has 31 heavy (non-hydrogen) atoms. The van der Waals surface area contributed by atoms with E-state index in [0.29, 0.717) is 17.7 Å². The topological polar surface area (TPSA) is 151 Å². The van der Waals surface area contributed by atoms with Crippen molar-refractivity contribution in [1.29, 1.82) is 0 Å². The molecule has 0 unspecified atom stereocenters. The standard InChI is InChI=1S/C20H27N5O5S/c1-22-15(7-11-3-4-11)18(27)25-10-20(9-16(25)17(21)26)13-8-12(24-31(2,29)30)5-6-14(13)23-19(20)28/h5-6,8,11,15-16,22,24H,3-4,7,9-10H2,1-2H3,(H2,21,26)(H,23,28)/t15-,16-,20-/m0/s1/i1D3. The third kappa shape index (κ3) is 3.99. The van der Waals surface area contributed by atoms with Gasteiger partial charge in [-0.25, -0.2) is 8.42 Å². The number of primary amides is 1. The lowest BCUT2D eigenvalue weighted by atomic mass is 9.79. The third-order valence-electron chi connectivity index (χ3n) is 6.23. The number of likely N-dealkylation sites (N-methyl/N-ethyl adjacent to an activating group) is 1. The Labute approximate surface area is 185 Å². The lowest BCUT2D eigenvalue weighted by Crippen LogP contribution is -2.51. The summed E-state index contributed by atoms with van der Waals surface area (Å²) in [5.74, 6) is -1.64. The minimum absolute atomic E-state index is 0.0981. The van der Waals surface area contributed by atoms with Crippen LogP contribution in [0.25, 0.3) is 0 Å². The van der Waals surface area contributed by atoms with Crippen LogP contribution in [0.4, 0.5) is 11.4 Å². The maximum Gasteiger partial charge on any atom is 0.240 e. The van der Waals surface area contributed by atoms with Crippen molar-refractivity contribution in [2.24, 2.45) is 11.7 Å². The van der Waals surface area contributed by atoms with Crippen molar-refractivity contribution < 1.29 is 26.9 Å². The van der Waals surface area contributed by atoms with Crippen LogP contribution in [-0.4, -0.2) is 62.9 Å². The molecule has 1 aliphatic carbocycles. The van der Waals surface area contributed by atoms with Crippen molar-refractivity contribution in [3.05, 3.63) is 23.8 Å². The smallest absolute Gasteiger partial charge is 0.240 e. The van der Waals surface area contributed by atoms with Crippen LogP contribution in [0, 0.1) is 5.92 Å². The maximum atomic E-state index is 13.5. The van der Waals surface area contributed by atoms with Gasteiger partial charge in [0.15, 0.2) is 0 Å². The molecule has 1 saturated carbocycles. The summed E-state index contributed by atoms with van der Waals surface area (Å²) in [7, 11) is -3.58. The van der Waals surface area contributed by atoms with E-state index in [1.165, 1.54) is 17.0 Å². The monoisotopic (exact) mass is 452 g/mol. The predicted octanol–water partition coefficient (Wildman–Crippen LogP) is -0.278. The molecule has 0 aromatic heterocycles. The number of nitrogens with zero attached hydrogens (tertiary/aromatic N) is 1. The molecule has 3 amide bonds. The van der Waals surface area contributed by atoms with E-state index in [1.54, 1.807) is 6.07 Å². The summed E-state index contributed by atoms with van der Waals surface area (Å²) < 4.78 is 48.4. The highest BCUT2D eigenvalue weighted by Gasteiger charge is 2.57. The first-order valence-electron chi connectivity index (χ1n) is 11.5. The third-order valence-corrected chi connectivity index (χ3v) is 6.84. The van der Waals surface area contributed by atoms with Crippen LogP contribution < -0.4 is 21.1 Å². The Hall–Kier alpha value is -2.66. The Bertz CT molecular complexity index is 1150. The summed E-state index contributed by atoms with van der Waals surface area (Å²) in [4.78, 5) is 40.2. The zero-order valence-electron chi connectivity index (χ0n) is 20.0. The number of benzene rings is 1. The molecule has 1 spiro atoms. The quantitative estimate of drug-likeness (QED) is 0.447. The van der Waals surface area contributed by atoms with E-state index < -0.39 is 52.2 Å². The molecule has 1 aromatic rings. The largest absolute Gasteiger partial charge is 0.368 e. The fourth-order valence-corrected chi connectivity index (χ4v) is 5.11. The number of carbonyl (C=O) groups excluding carboxylic acids is 3. The number of anilines is 2. The molecular formula is C20H27N5O5S. The summed E-state index contributed by atoms with van der Waals surface area (Å²) in [6, 6.07) is 2.36. The van der Waals surface area contributed by atoms with Crippen molar-refractivity contribution in [3.8, 4) is 0 Å². The molecule has 1 saturated heterocycles. The lowest BCUT2D eigenvalue weighted by molar-refractivity contribution is -0.139. The second-order valence-corrected chi connectivity index (χ2v) is 10.4. The number of amides is 3. The SMILES string of the molecule is [2H]C([2H])([2H])N[C@@H](CC1CC1)C(=O)N1C[C@]2(C[C@H]1C(N)=O)C(=O)Nc1ccc(NS(C)(=O)=O)cc12. The second kappa shape index (κ2) is 7.49. The van der Waals surface area contributed by atoms with Gasteiger partial charge in [0.2, 0.25) is 27.7 Å². The Morgan fingerprint density at radius 3 is 2.77 bits per heavy atom. The fourth-order valence-electron chi connectivity index (χ4n) is 4.55. The van der Waals surface area contributed by atoms with Gasteiger partial charge in [-0.15, -0.1) is 0 Å². The number of likely N-dealkylation sites (tertiary alicyclic amines) is 1. The van der Waals surface area contributed by atoms with Gasteiger partial charge < -0.3 is 21.3 Å². The first-order valence-corrected chi connectivity index (χ1v) is 11.9. The molecule has 2 heterocycles. The summed E-state index contributed by atoms with van der Waals surface area (Å²) >= 11 is 0. The molecule has 2 fully saturated rings. The van der Waals surface area contributed by atoms with Gasteiger partial charge in [0.1, 0.15) is 6.04 Å². The van der Waals surface area contributed by atoms with Crippen molar-refractivity contribution >= 4 is 39.1 Å². The van der Waals surface area contributed by atoms with Gasteiger partial charge in [-0.2, -0.15) is 0 Å². The van der Waals surface area contributed by atoms with Crippen molar-refractivity contribution in [2.75, 3.05) is 29.8 Å². The Kier molecular flexibility index (Phi) is 4.34. The summed E-state index contributed by atoms with van der Waals surface area (Å²) in [6.07, 6.45) is 2.98. The molecule has 0 bridgehead atoms. The van der Waals surface area contributed by atoms with Gasteiger partial charge >= 0.3 is 0 Å². The van der Waals surface area contributed by atoms with E-state index in [-0.39, 0.29) is 24.6 Å². The number of hydrogen-bond donors (Lipinski definition) is 4. The first kappa shape index (κ1) is 18.0. The van der Waals surface area contributed by atoms with Crippen LogP contribution in [0.5, 0.6) is 0 Å². The van der Waals surface area contributed by atoms with Crippen LogP contribution in [0.2, 0.25) is 0 Å². The molecule has 5 N–H and O–H groups in total. The van der Waals surface area contributed by atoms with Gasteiger partial charge in [-0.3, -0.25) is 19.1 Å². The molecule has 4 rings (SSSR count). The number of fused-ring (bicyclic) bond motifs is 2. The summed E-state index contributed by atoms with van der Waals surface area (Å²) in [5, 5.41) is 5.12. The minimum Gasteiger partial charge on any atom is -0.368 e. The van der Waals surface area contributed by atoms with E-state index in [0.717, 1.165) is 19.1 Å². The average Bonchev–Trinajstić information content (AvgIpc) is 3.34. The predicted molar refractivity (Wildman–Crippen MR) is 115 cm³/mol. The zero-order chi connectivity index (χ0) is 25.1. The first-order chi connectivity index (χ1) is 15.7. The highest BCUT2D eigenvalue weighted by molar-refractivity contribution is 7.92. The fraction of sp³-hybridized carbons (Fsp3) is 0.550. The zero-order valence-corrected chi connectivity index (χ0v) is 17.8. The molecule has 2 aliphatic heterocycles. The van der Waals surface area contributed by atoms with E-state index in [2.05, 4.69) is 15.4 Å². The van der Waals surface area contributed by atoms with Gasteiger partial charge in [-0.05, 0) is 49.5 Å². The maximum absolute atomic E-state index is 13.5. The minimum atomic E-state index is -3.58. The molecule has 3 aliphatic rings. The number of nitrogens with two attached hydrogens (primary N) is 1. The lowest BCUT2D eigenvalue weighted by Gasteiger charge is -2.28. The summed E-state index contributed by atoms with van der Waals surface area (Å²) in [6.45, 7) is -2.76. The van der Waals surface area contributed by atoms with Gasteiger partial charge in [0.05, 0.1) is 17.7 Å². The molecule has 10 nitrogen and oxygen atoms in total. The molecule has 0 radical (unpaired) electrons. The molecular weight excluding hydrogens is 422 g/mol. The molecule has 1 aromatic carbocycles. The highest BCUT2D eigenvalue weighted by Crippen LogP contribution is 2.47. The van der Waals surface area contributed by atoms with E-state index in [4.69, 9.17) is 9.85 Å². The number of carbonyl (C=O) groups is 3. The van der Waals surface area contributed by atoms with Crippen LogP contribution in [-0.2, 0) is 29.8 Å². The Balaban J connectivity index is 1.69. The second-order valence-electron chi connectivity index (χ2n) is 8.64. The van der Waals surface area contributed by atoms with E-state index >= 15 is 0 Å². The summed E-state index contributed by atoms with van der Waals surface area (Å²) in [5.41, 5.74) is 5.39. The molecule has 3 atom stereocenters. The number of rotatable bonds is 7. The average molecular weight is 453 g/mol. The van der Waals surface area contributed by atoms with E-state index in [9.17, 15) is 22.8 Å². The normalized spacial score (nSPS) is 27.8. The highest BCUT2D eigenvalue weighted by atomic mass is 32.2. The Morgan fingerprint density at radius 2 is 2.16 bits per heavy atom. The van der Waals surface area contributed by atoms with Gasteiger partial charge in [0.25, 0.3) is 0 Å². The molecule has 168 valence electrons. The van der Waals surface area contributed by atoms with Crippen molar-refractivity contribution in [2.45, 2.75) is 43.2 Å². The van der Waals surface area contributed by atoms with Crippen LogP contribution in [0.1, 0.15) is 35.4 Å². The van der Waals surface area contributed by atoms with Crippen LogP contribution in [0.15, 0.2) is 18.2 Å². The molecule has 11 heteroatoms. The number of sulfonamides is 1.